The summed E-state index contributed by atoms with van der Waals surface area (Å²) < 4.78 is 25.8. The molecule has 1 atom stereocenters. The summed E-state index contributed by atoms with van der Waals surface area (Å²) in [6.07, 6.45) is 2.72. The van der Waals surface area contributed by atoms with Gasteiger partial charge in [-0.15, -0.1) is 0 Å². The maximum atomic E-state index is 13.0. The Morgan fingerprint density at radius 3 is 2.44 bits per heavy atom. The molecule has 0 aromatic heterocycles. The molecule has 3 heteroatoms. The van der Waals surface area contributed by atoms with Crippen LogP contribution >= 0.6 is 0 Å². The summed E-state index contributed by atoms with van der Waals surface area (Å²) in [7, 11) is 0. The maximum absolute atomic E-state index is 13.0. The van der Waals surface area contributed by atoms with Crippen molar-refractivity contribution in [1.29, 1.82) is 0 Å². The predicted octanol–water partition coefficient (Wildman–Crippen LogP) is 3.27. The topological polar surface area (TPSA) is 26.0 Å². The second kappa shape index (κ2) is 5.39. The van der Waals surface area contributed by atoms with Crippen LogP contribution in [0.15, 0.2) is 18.2 Å². The number of hydrogen-bond donors (Lipinski definition) is 1. The van der Waals surface area contributed by atoms with Crippen molar-refractivity contribution in [2.45, 2.75) is 33.1 Å². The first kappa shape index (κ1) is 13.1. The molecule has 1 unspecified atom stereocenters. The standard InChI is InChI=1S/C13H19F2N/c1-3-6-13(2,9-16)8-10-4-5-11(14)12(15)7-10/h4-5,7H,3,6,8-9,16H2,1-2H3. The van der Waals surface area contributed by atoms with Gasteiger partial charge in [0.15, 0.2) is 11.6 Å². The summed E-state index contributed by atoms with van der Waals surface area (Å²) >= 11 is 0. The highest BCUT2D eigenvalue weighted by Gasteiger charge is 2.22. The summed E-state index contributed by atoms with van der Waals surface area (Å²) in [6, 6.07) is 4.06. The Morgan fingerprint density at radius 1 is 1.25 bits per heavy atom. The smallest absolute Gasteiger partial charge is 0.159 e. The number of halogens is 2. The van der Waals surface area contributed by atoms with Crippen molar-refractivity contribution < 1.29 is 8.78 Å². The van der Waals surface area contributed by atoms with Gasteiger partial charge in [-0.25, -0.2) is 8.78 Å². The number of benzene rings is 1. The molecule has 0 saturated carbocycles. The van der Waals surface area contributed by atoms with E-state index in [4.69, 9.17) is 5.73 Å². The average Bonchev–Trinajstić information content (AvgIpc) is 2.24. The predicted molar refractivity (Wildman–Crippen MR) is 62.1 cm³/mol. The third-order valence-electron chi connectivity index (χ3n) is 2.96. The normalized spacial score (nSPS) is 14.8. The van der Waals surface area contributed by atoms with Crippen LogP contribution in [0.3, 0.4) is 0 Å². The molecule has 0 heterocycles. The average molecular weight is 227 g/mol. The molecular formula is C13H19F2N. The summed E-state index contributed by atoms with van der Waals surface area (Å²) in [6.45, 7) is 4.73. The van der Waals surface area contributed by atoms with Crippen LogP contribution in [0, 0.1) is 17.0 Å². The number of rotatable bonds is 5. The van der Waals surface area contributed by atoms with Gasteiger partial charge in [-0.05, 0) is 42.5 Å². The number of nitrogens with two attached hydrogens (primary N) is 1. The van der Waals surface area contributed by atoms with Crippen molar-refractivity contribution in [3.05, 3.63) is 35.4 Å². The molecule has 0 radical (unpaired) electrons. The zero-order valence-corrected chi connectivity index (χ0v) is 9.89. The third kappa shape index (κ3) is 3.27. The van der Waals surface area contributed by atoms with E-state index in [1.807, 2.05) is 0 Å². The first-order valence-electron chi connectivity index (χ1n) is 5.65. The van der Waals surface area contributed by atoms with Crippen molar-refractivity contribution >= 4 is 0 Å². The largest absolute Gasteiger partial charge is 0.330 e. The van der Waals surface area contributed by atoms with Crippen LogP contribution in [0.1, 0.15) is 32.3 Å². The van der Waals surface area contributed by atoms with E-state index in [9.17, 15) is 8.78 Å². The Morgan fingerprint density at radius 2 is 1.94 bits per heavy atom. The first-order valence-corrected chi connectivity index (χ1v) is 5.65. The molecule has 0 saturated heterocycles. The van der Waals surface area contributed by atoms with Gasteiger partial charge >= 0.3 is 0 Å². The van der Waals surface area contributed by atoms with Crippen LogP contribution < -0.4 is 5.73 Å². The van der Waals surface area contributed by atoms with Gasteiger partial charge in [-0.1, -0.05) is 26.3 Å². The highest BCUT2D eigenvalue weighted by atomic mass is 19.2. The molecule has 1 aromatic rings. The molecule has 0 aliphatic heterocycles. The zero-order chi connectivity index (χ0) is 12.2. The van der Waals surface area contributed by atoms with Crippen LogP contribution in [0.25, 0.3) is 0 Å². The van der Waals surface area contributed by atoms with E-state index < -0.39 is 11.6 Å². The fourth-order valence-corrected chi connectivity index (χ4v) is 2.01. The van der Waals surface area contributed by atoms with E-state index in [0.717, 1.165) is 18.4 Å². The Bertz CT molecular complexity index is 352. The summed E-state index contributed by atoms with van der Waals surface area (Å²) in [5, 5.41) is 0. The first-order chi connectivity index (χ1) is 7.50. The van der Waals surface area contributed by atoms with Crippen LogP contribution in [0.2, 0.25) is 0 Å². The molecule has 2 N–H and O–H groups in total. The van der Waals surface area contributed by atoms with Crippen molar-refractivity contribution in [2.24, 2.45) is 11.1 Å². The lowest BCUT2D eigenvalue weighted by Crippen LogP contribution is -2.29. The van der Waals surface area contributed by atoms with Crippen molar-refractivity contribution in [1.82, 2.24) is 0 Å². The molecule has 0 aliphatic rings. The maximum Gasteiger partial charge on any atom is 0.159 e. The minimum atomic E-state index is -0.798. The summed E-state index contributed by atoms with van der Waals surface area (Å²) in [5.41, 5.74) is 6.52. The van der Waals surface area contributed by atoms with Crippen LogP contribution in [0.5, 0.6) is 0 Å². The van der Waals surface area contributed by atoms with Crippen molar-refractivity contribution in [3.8, 4) is 0 Å². The van der Waals surface area contributed by atoms with E-state index in [1.165, 1.54) is 12.1 Å². The second-order valence-electron chi connectivity index (χ2n) is 4.69. The SMILES string of the molecule is CCCC(C)(CN)Cc1ccc(F)c(F)c1. The minimum absolute atomic E-state index is 0.0288. The molecule has 1 aromatic carbocycles. The van der Waals surface area contributed by atoms with E-state index in [0.29, 0.717) is 13.0 Å². The van der Waals surface area contributed by atoms with Crippen molar-refractivity contribution in [3.63, 3.8) is 0 Å². The Balaban J connectivity index is 2.81. The minimum Gasteiger partial charge on any atom is -0.330 e. The van der Waals surface area contributed by atoms with Crippen LogP contribution in [-0.2, 0) is 6.42 Å². The van der Waals surface area contributed by atoms with E-state index in [2.05, 4.69) is 13.8 Å². The Kier molecular flexibility index (Phi) is 4.42. The van der Waals surface area contributed by atoms with E-state index >= 15 is 0 Å². The van der Waals surface area contributed by atoms with E-state index in [-0.39, 0.29) is 5.41 Å². The highest BCUT2D eigenvalue weighted by molar-refractivity contribution is 5.19. The van der Waals surface area contributed by atoms with Gasteiger partial charge in [0.2, 0.25) is 0 Å². The zero-order valence-electron chi connectivity index (χ0n) is 9.89. The van der Waals surface area contributed by atoms with E-state index in [1.54, 1.807) is 6.07 Å². The van der Waals surface area contributed by atoms with Crippen LogP contribution in [-0.4, -0.2) is 6.54 Å². The molecule has 0 fully saturated rings. The lowest BCUT2D eigenvalue weighted by Gasteiger charge is -2.27. The van der Waals surface area contributed by atoms with Gasteiger partial charge in [0.05, 0.1) is 0 Å². The lowest BCUT2D eigenvalue weighted by molar-refractivity contribution is 0.302. The third-order valence-corrected chi connectivity index (χ3v) is 2.96. The van der Waals surface area contributed by atoms with Gasteiger partial charge in [0, 0.05) is 0 Å². The van der Waals surface area contributed by atoms with Gasteiger partial charge in [-0.2, -0.15) is 0 Å². The monoisotopic (exact) mass is 227 g/mol. The molecule has 16 heavy (non-hydrogen) atoms. The fraction of sp³-hybridized carbons (Fsp3) is 0.538. The van der Waals surface area contributed by atoms with Gasteiger partial charge in [0.1, 0.15) is 0 Å². The molecule has 0 aliphatic carbocycles. The number of hydrogen-bond acceptors (Lipinski definition) is 1. The molecule has 0 amide bonds. The van der Waals surface area contributed by atoms with Crippen LogP contribution in [0.4, 0.5) is 8.78 Å². The fourth-order valence-electron chi connectivity index (χ4n) is 2.01. The molecule has 1 rings (SSSR count). The quantitative estimate of drug-likeness (QED) is 0.820. The summed E-state index contributed by atoms with van der Waals surface area (Å²) in [4.78, 5) is 0. The Hall–Kier alpha value is -0.960. The molecular weight excluding hydrogens is 208 g/mol. The molecule has 90 valence electrons. The van der Waals surface area contributed by atoms with Gasteiger partial charge < -0.3 is 5.73 Å². The molecule has 1 nitrogen and oxygen atoms in total. The highest BCUT2D eigenvalue weighted by Crippen LogP contribution is 2.27. The molecule has 0 bridgehead atoms. The Labute approximate surface area is 95.7 Å². The van der Waals surface area contributed by atoms with Crippen molar-refractivity contribution in [2.75, 3.05) is 6.54 Å². The second-order valence-corrected chi connectivity index (χ2v) is 4.69. The van der Waals surface area contributed by atoms with Gasteiger partial charge in [-0.3, -0.25) is 0 Å². The summed E-state index contributed by atoms with van der Waals surface area (Å²) in [5.74, 6) is -1.58. The van der Waals surface area contributed by atoms with Gasteiger partial charge in [0.25, 0.3) is 0 Å². The molecule has 0 spiro atoms. The lowest BCUT2D eigenvalue weighted by atomic mass is 9.80.